The third-order valence-electron chi connectivity index (χ3n) is 2.48. The van der Waals surface area contributed by atoms with Gasteiger partial charge in [-0.2, -0.15) is 9.40 Å². The number of aromatic nitrogens is 2. The van der Waals surface area contributed by atoms with E-state index in [9.17, 15) is 8.42 Å². The van der Waals surface area contributed by atoms with E-state index in [1.807, 2.05) is 6.92 Å². The molecule has 2 rings (SSSR count). The van der Waals surface area contributed by atoms with Crippen molar-refractivity contribution in [2.24, 2.45) is 5.73 Å². The van der Waals surface area contributed by atoms with Crippen LogP contribution >= 0.6 is 0 Å². The van der Waals surface area contributed by atoms with E-state index in [1.54, 1.807) is 6.92 Å². The molecule has 3 N–H and O–H groups in total. The summed E-state index contributed by atoms with van der Waals surface area (Å²) in [7, 11) is -3.40. The minimum atomic E-state index is -3.40. The van der Waals surface area contributed by atoms with E-state index in [0.29, 0.717) is 18.8 Å². The first-order valence-corrected chi connectivity index (χ1v) is 6.06. The average Bonchev–Trinajstić information content (AvgIpc) is 2.47. The van der Waals surface area contributed by atoms with E-state index in [1.165, 1.54) is 10.5 Å². The average molecular weight is 230 g/mol. The zero-order valence-corrected chi connectivity index (χ0v) is 9.50. The summed E-state index contributed by atoms with van der Waals surface area (Å²) >= 11 is 0. The van der Waals surface area contributed by atoms with Crippen LogP contribution in [-0.4, -0.2) is 41.5 Å². The maximum absolute atomic E-state index is 12.0. The van der Waals surface area contributed by atoms with Gasteiger partial charge in [0.15, 0.2) is 0 Å². The van der Waals surface area contributed by atoms with Gasteiger partial charge < -0.3 is 5.73 Å². The number of hydrogen-bond acceptors (Lipinski definition) is 4. The molecule has 0 radical (unpaired) electrons. The van der Waals surface area contributed by atoms with E-state index in [0.717, 1.165) is 0 Å². The number of aryl methyl sites for hydroxylation is 1. The second-order valence-corrected chi connectivity index (χ2v) is 6.19. The summed E-state index contributed by atoms with van der Waals surface area (Å²) in [5.41, 5.74) is 5.93. The summed E-state index contributed by atoms with van der Waals surface area (Å²) in [5, 5.41) is 6.31. The summed E-state index contributed by atoms with van der Waals surface area (Å²) < 4.78 is 25.4. The standard InChI is InChI=1S/C8H14N4O2S/c1-6-7(3-10-11-6)15(13,14)12-4-8(2,9)5-12/h3H,4-5,9H2,1-2H3,(H,10,11). The maximum atomic E-state index is 12.0. The molecule has 6 nitrogen and oxygen atoms in total. The predicted molar refractivity (Wildman–Crippen MR) is 54.7 cm³/mol. The van der Waals surface area contributed by atoms with Gasteiger partial charge in [-0.05, 0) is 13.8 Å². The van der Waals surface area contributed by atoms with Gasteiger partial charge in [0.05, 0.1) is 11.9 Å². The van der Waals surface area contributed by atoms with Crippen molar-refractivity contribution in [1.82, 2.24) is 14.5 Å². The molecule has 0 atom stereocenters. The molecule has 15 heavy (non-hydrogen) atoms. The lowest BCUT2D eigenvalue weighted by Crippen LogP contribution is -2.66. The molecule has 1 fully saturated rings. The zero-order chi connectivity index (χ0) is 11.3. The SMILES string of the molecule is Cc1[nH]ncc1S(=O)(=O)N1CC(C)(N)C1. The Kier molecular flexibility index (Phi) is 2.14. The van der Waals surface area contributed by atoms with E-state index < -0.39 is 15.6 Å². The van der Waals surface area contributed by atoms with Gasteiger partial charge in [-0.3, -0.25) is 5.10 Å². The van der Waals surface area contributed by atoms with E-state index in [2.05, 4.69) is 10.2 Å². The highest BCUT2D eigenvalue weighted by atomic mass is 32.2. The highest BCUT2D eigenvalue weighted by Crippen LogP contribution is 2.26. The monoisotopic (exact) mass is 230 g/mol. The summed E-state index contributed by atoms with van der Waals surface area (Å²) in [4.78, 5) is 0.234. The van der Waals surface area contributed by atoms with Crippen LogP contribution < -0.4 is 5.73 Å². The van der Waals surface area contributed by atoms with Crippen molar-refractivity contribution in [2.75, 3.05) is 13.1 Å². The Hall–Kier alpha value is -0.920. The van der Waals surface area contributed by atoms with Gasteiger partial charge in [-0.15, -0.1) is 0 Å². The van der Waals surface area contributed by atoms with Gasteiger partial charge in [-0.1, -0.05) is 0 Å². The molecule has 0 aliphatic carbocycles. The molecule has 7 heteroatoms. The number of sulfonamides is 1. The Morgan fingerprint density at radius 1 is 1.60 bits per heavy atom. The Balaban J connectivity index is 2.27. The minimum absolute atomic E-state index is 0.234. The van der Waals surface area contributed by atoms with Crippen LogP contribution in [-0.2, 0) is 10.0 Å². The number of aromatic amines is 1. The van der Waals surface area contributed by atoms with Gasteiger partial charge in [-0.25, -0.2) is 8.42 Å². The molecule has 0 aromatic carbocycles. The quantitative estimate of drug-likeness (QED) is 0.712. The Bertz CT molecular complexity index is 469. The van der Waals surface area contributed by atoms with Crippen molar-refractivity contribution in [3.8, 4) is 0 Å². The predicted octanol–water partition coefficient (Wildman–Crippen LogP) is -0.560. The van der Waals surface area contributed by atoms with Gasteiger partial charge >= 0.3 is 0 Å². The summed E-state index contributed by atoms with van der Waals surface area (Å²) in [6, 6.07) is 0. The normalized spacial score (nSPS) is 21.3. The van der Waals surface area contributed by atoms with Crippen LogP contribution in [0.1, 0.15) is 12.6 Å². The van der Waals surface area contributed by atoms with Gasteiger partial charge in [0.1, 0.15) is 4.90 Å². The molecule has 1 aromatic rings. The Labute approximate surface area is 88.5 Å². The number of hydrogen-bond donors (Lipinski definition) is 2. The van der Waals surface area contributed by atoms with Crippen molar-refractivity contribution < 1.29 is 8.42 Å². The highest BCUT2D eigenvalue weighted by molar-refractivity contribution is 7.89. The van der Waals surface area contributed by atoms with Crippen LogP contribution in [0, 0.1) is 6.92 Å². The molecule has 0 bridgehead atoms. The van der Waals surface area contributed by atoms with Crippen molar-refractivity contribution >= 4 is 10.0 Å². The molecule has 0 amide bonds. The number of nitrogens with one attached hydrogen (secondary N) is 1. The fraction of sp³-hybridized carbons (Fsp3) is 0.625. The minimum Gasteiger partial charge on any atom is -0.323 e. The molecule has 1 aliphatic rings. The summed E-state index contributed by atoms with van der Waals surface area (Å²) in [5.74, 6) is 0. The fourth-order valence-electron chi connectivity index (χ4n) is 1.67. The molecule has 2 heterocycles. The van der Waals surface area contributed by atoms with E-state index in [-0.39, 0.29) is 4.90 Å². The first kappa shape index (κ1) is 10.6. The third-order valence-corrected chi connectivity index (χ3v) is 4.38. The van der Waals surface area contributed by atoms with Crippen LogP contribution in [0.25, 0.3) is 0 Å². The third kappa shape index (κ3) is 1.66. The van der Waals surface area contributed by atoms with Crippen molar-refractivity contribution in [3.63, 3.8) is 0 Å². The van der Waals surface area contributed by atoms with E-state index >= 15 is 0 Å². The lowest BCUT2D eigenvalue weighted by atomic mass is 9.97. The topological polar surface area (TPSA) is 92.1 Å². The summed E-state index contributed by atoms with van der Waals surface area (Å²) in [6.07, 6.45) is 1.33. The molecular formula is C8H14N4O2S. The number of H-pyrrole nitrogens is 1. The Morgan fingerprint density at radius 3 is 2.60 bits per heavy atom. The van der Waals surface area contributed by atoms with Crippen LogP contribution in [0.2, 0.25) is 0 Å². The van der Waals surface area contributed by atoms with Crippen LogP contribution in [0.15, 0.2) is 11.1 Å². The first-order valence-electron chi connectivity index (χ1n) is 4.62. The molecule has 1 aliphatic heterocycles. The molecule has 0 saturated carbocycles. The number of rotatable bonds is 2. The van der Waals surface area contributed by atoms with Gasteiger partial charge in [0.2, 0.25) is 10.0 Å². The highest BCUT2D eigenvalue weighted by Gasteiger charge is 2.43. The van der Waals surface area contributed by atoms with Crippen molar-refractivity contribution in [1.29, 1.82) is 0 Å². The Morgan fingerprint density at radius 2 is 2.20 bits per heavy atom. The lowest BCUT2D eigenvalue weighted by Gasteiger charge is -2.43. The molecule has 0 unspecified atom stereocenters. The number of nitrogens with zero attached hydrogens (tertiary/aromatic N) is 2. The van der Waals surface area contributed by atoms with Crippen LogP contribution in [0.5, 0.6) is 0 Å². The van der Waals surface area contributed by atoms with E-state index in [4.69, 9.17) is 5.73 Å². The van der Waals surface area contributed by atoms with Gasteiger partial charge in [0.25, 0.3) is 0 Å². The first-order chi connectivity index (χ1) is 6.83. The smallest absolute Gasteiger partial charge is 0.246 e. The van der Waals surface area contributed by atoms with Crippen LogP contribution in [0.4, 0.5) is 0 Å². The second-order valence-electron chi connectivity index (χ2n) is 4.29. The zero-order valence-electron chi connectivity index (χ0n) is 8.69. The largest absolute Gasteiger partial charge is 0.323 e. The maximum Gasteiger partial charge on any atom is 0.246 e. The van der Waals surface area contributed by atoms with Crippen molar-refractivity contribution in [2.45, 2.75) is 24.3 Å². The van der Waals surface area contributed by atoms with Gasteiger partial charge in [0, 0.05) is 18.6 Å². The molecule has 84 valence electrons. The molecular weight excluding hydrogens is 216 g/mol. The molecule has 1 aromatic heterocycles. The number of nitrogens with two attached hydrogens (primary N) is 1. The fourth-order valence-corrected chi connectivity index (χ4v) is 3.49. The van der Waals surface area contributed by atoms with Crippen molar-refractivity contribution in [3.05, 3.63) is 11.9 Å². The van der Waals surface area contributed by atoms with Crippen LogP contribution in [0.3, 0.4) is 0 Å². The molecule has 0 spiro atoms. The summed E-state index contributed by atoms with van der Waals surface area (Å²) in [6.45, 7) is 4.24. The second kappa shape index (κ2) is 3.03. The lowest BCUT2D eigenvalue weighted by molar-refractivity contribution is 0.176. The molecule has 1 saturated heterocycles.